The van der Waals surface area contributed by atoms with Crippen molar-refractivity contribution >= 4 is 27.5 Å². The quantitative estimate of drug-likeness (QED) is 0.556. The summed E-state index contributed by atoms with van der Waals surface area (Å²) in [5.74, 6) is 0.762. The van der Waals surface area contributed by atoms with E-state index < -0.39 is 9.84 Å². The van der Waals surface area contributed by atoms with Crippen molar-refractivity contribution in [2.24, 2.45) is 5.73 Å². The van der Waals surface area contributed by atoms with Crippen LogP contribution in [0.3, 0.4) is 0 Å². The maximum absolute atomic E-state index is 11.0. The van der Waals surface area contributed by atoms with Gasteiger partial charge in [-0.25, -0.2) is 8.42 Å². The number of hydrogen-bond acceptors (Lipinski definition) is 5. The highest BCUT2D eigenvalue weighted by Crippen LogP contribution is 2.04. The van der Waals surface area contributed by atoms with Crippen LogP contribution in [0.5, 0.6) is 0 Å². The lowest BCUT2D eigenvalue weighted by Crippen LogP contribution is -2.43. The number of nitrogens with two attached hydrogens (primary N) is 1. The molecule has 0 spiro atoms. The van der Waals surface area contributed by atoms with Gasteiger partial charge >= 0.3 is 0 Å². The van der Waals surface area contributed by atoms with Gasteiger partial charge in [-0.3, -0.25) is 4.79 Å². The third-order valence-electron chi connectivity index (χ3n) is 1.87. The lowest BCUT2D eigenvalue weighted by molar-refractivity contribution is -0.119. The van der Waals surface area contributed by atoms with E-state index in [0.717, 1.165) is 13.0 Å². The van der Waals surface area contributed by atoms with Crippen molar-refractivity contribution in [2.75, 3.05) is 30.1 Å². The molecule has 0 aliphatic heterocycles. The minimum absolute atomic E-state index is 0.136. The number of rotatable bonds is 9. The first-order valence-corrected chi connectivity index (χ1v) is 8.36. The lowest BCUT2D eigenvalue weighted by Gasteiger charge is -2.14. The lowest BCUT2D eigenvalue weighted by atomic mass is 10.3. The summed E-state index contributed by atoms with van der Waals surface area (Å²) in [6.07, 6.45) is 2.13. The third-order valence-corrected chi connectivity index (χ3v) is 4.13. The van der Waals surface area contributed by atoms with Crippen LogP contribution in [0.4, 0.5) is 0 Å². The molecule has 0 fully saturated rings. The first-order chi connectivity index (χ1) is 7.37. The fourth-order valence-corrected chi connectivity index (χ4v) is 3.34. The monoisotopic (exact) mass is 268 g/mol. The fourth-order valence-electron chi connectivity index (χ4n) is 0.972. The molecule has 1 amide bonds. The summed E-state index contributed by atoms with van der Waals surface area (Å²) in [6, 6.07) is -0.371. The van der Waals surface area contributed by atoms with Crippen molar-refractivity contribution in [3.8, 4) is 0 Å². The Morgan fingerprint density at radius 2 is 2.12 bits per heavy atom. The van der Waals surface area contributed by atoms with Crippen LogP contribution in [0.2, 0.25) is 0 Å². The van der Waals surface area contributed by atoms with Gasteiger partial charge in [0.25, 0.3) is 0 Å². The van der Waals surface area contributed by atoms with E-state index in [9.17, 15) is 13.2 Å². The van der Waals surface area contributed by atoms with Gasteiger partial charge in [-0.05, 0) is 13.0 Å². The van der Waals surface area contributed by atoms with Crippen LogP contribution in [0.1, 0.15) is 13.3 Å². The molecule has 3 N–H and O–H groups in total. The Morgan fingerprint density at radius 1 is 1.50 bits per heavy atom. The zero-order chi connectivity index (χ0) is 12.6. The summed E-state index contributed by atoms with van der Waals surface area (Å²) in [5, 5.41) is 3.02. The Hall–Kier alpha value is -0.270. The first-order valence-electron chi connectivity index (χ1n) is 5.15. The average Bonchev–Trinajstić information content (AvgIpc) is 2.14. The molecule has 0 aromatic carbocycles. The van der Waals surface area contributed by atoms with Gasteiger partial charge in [-0.2, -0.15) is 11.8 Å². The van der Waals surface area contributed by atoms with Crippen LogP contribution in [0, 0.1) is 0 Å². The highest BCUT2D eigenvalue weighted by Gasteiger charge is 2.14. The summed E-state index contributed by atoms with van der Waals surface area (Å²) >= 11 is 1.42. The maximum Gasteiger partial charge on any atom is 0.235 e. The van der Waals surface area contributed by atoms with Crippen LogP contribution in [0.15, 0.2) is 0 Å². The standard InChI is InChI=1S/C9H20N2O3S2/c1-3-4-11-8(9(10)12)7-15-5-6-16(2,13)14/h8,11H,3-7H2,1-2H3,(H2,10,12). The second kappa shape index (κ2) is 7.92. The molecule has 0 aliphatic rings. The van der Waals surface area contributed by atoms with Crippen LogP contribution in [0.25, 0.3) is 0 Å². The van der Waals surface area contributed by atoms with Crippen LogP contribution < -0.4 is 11.1 Å². The van der Waals surface area contributed by atoms with Gasteiger partial charge in [-0.1, -0.05) is 6.92 Å². The normalized spacial score (nSPS) is 13.6. The zero-order valence-electron chi connectivity index (χ0n) is 9.73. The van der Waals surface area contributed by atoms with Gasteiger partial charge in [0, 0.05) is 17.8 Å². The molecule has 5 nitrogen and oxygen atoms in total. The second-order valence-corrected chi connectivity index (χ2v) is 7.02. The summed E-state index contributed by atoms with van der Waals surface area (Å²) in [5.41, 5.74) is 5.21. The molecule has 7 heteroatoms. The Morgan fingerprint density at radius 3 is 2.56 bits per heavy atom. The van der Waals surface area contributed by atoms with Crippen LogP contribution in [-0.2, 0) is 14.6 Å². The summed E-state index contributed by atoms with van der Waals surface area (Å²) in [7, 11) is -2.92. The van der Waals surface area contributed by atoms with E-state index in [2.05, 4.69) is 5.32 Å². The summed E-state index contributed by atoms with van der Waals surface area (Å²) in [4.78, 5) is 11.0. The minimum atomic E-state index is -2.92. The van der Waals surface area contributed by atoms with Gasteiger partial charge in [-0.15, -0.1) is 0 Å². The van der Waals surface area contributed by atoms with Gasteiger partial charge in [0.15, 0.2) is 0 Å². The number of carbonyl (C=O) groups excluding carboxylic acids is 1. The van der Waals surface area contributed by atoms with E-state index in [4.69, 9.17) is 5.73 Å². The molecule has 0 aliphatic carbocycles. The van der Waals surface area contributed by atoms with Crippen molar-refractivity contribution < 1.29 is 13.2 Å². The minimum Gasteiger partial charge on any atom is -0.368 e. The molecule has 0 saturated heterocycles. The Kier molecular flexibility index (Phi) is 7.78. The second-order valence-electron chi connectivity index (χ2n) is 3.61. The molecule has 16 heavy (non-hydrogen) atoms. The topological polar surface area (TPSA) is 89.3 Å². The van der Waals surface area contributed by atoms with E-state index in [1.165, 1.54) is 18.0 Å². The summed E-state index contributed by atoms with van der Waals surface area (Å²) < 4.78 is 21.7. The Balaban J connectivity index is 3.81. The molecular formula is C9H20N2O3S2. The number of thioether (sulfide) groups is 1. The smallest absolute Gasteiger partial charge is 0.235 e. The van der Waals surface area contributed by atoms with Gasteiger partial charge < -0.3 is 11.1 Å². The van der Waals surface area contributed by atoms with Crippen LogP contribution in [-0.4, -0.2) is 50.4 Å². The summed E-state index contributed by atoms with van der Waals surface area (Å²) in [6.45, 7) is 2.74. The van der Waals surface area contributed by atoms with Crippen molar-refractivity contribution in [3.05, 3.63) is 0 Å². The largest absolute Gasteiger partial charge is 0.368 e. The fraction of sp³-hybridized carbons (Fsp3) is 0.889. The van der Waals surface area contributed by atoms with Crippen molar-refractivity contribution in [1.29, 1.82) is 0 Å². The van der Waals surface area contributed by atoms with E-state index >= 15 is 0 Å². The molecule has 96 valence electrons. The zero-order valence-corrected chi connectivity index (χ0v) is 11.4. The van der Waals surface area contributed by atoms with E-state index in [-0.39, 0.29) is 17.7 Å². The number of sulfone groups is 1. The molecule has 0 rings (SSSR count). The number of carbonyl (C=O) groups is 1. The molecule has 1 unspecified atom stereocenters. The molecule has 0 heterocycles. The molecule has 0 bridgehead atoms. The Labute approximate surface area is 101 Å². The maximum atomic E-state index is 11.0. The van der Waals surface area contributed by atoms with E-state index in [0.29, 0.717) is 11.5 Å². The third kappa shape index (κ3) is 8.99. The number of hydrogen-bond donors (Lipinski definition) is 2. The predicted octanol–water partition coefficient (Wildman–Crippen LogP) is -0.382. The van der Waals surface area contributed by atoms with Crippen LogP contribution >= 0.6 is 11.8 Å². The molecular weight excluding hydrogens is 248 g/mol. The van der Waals surface area contributed by atoms with Crippen molar-refractivity contribution in [1.82, 2.24) is 5.32 Å². The molecule has 1 atom stereocenters. The molecule has 0 radical (unpaired) electrons. The SMILES string of the molecule is CCCNC(CSCCS(C)(=O)=O)C(N)=O. The van der Waals surface area contributed by atoms with E-state index in [1.807, 2.05) is 6.92 Å². The molecule has 0 aromatic rings. The predicted molar refractivity (Wildman–Crippen MR) is 68.3 cm³/mol. The van der Waals surface area contributed by atoms with Crippen molar-refractivity contribution in [3.63, 3.8) is 0 Å². The molecule has 0 saturated carbocycles. The highest BCUT2D eigenvalue weighted by molar-refractivity contribution is 8.00. The number of primary amides is 1. The van der Waals surface area contributed by atoms with E-state index in [1.54, 1.807) is 0 Å². The van der Waals surface area contributed by atoms with Crippen molar-refractivity contribution in [2.45, 2.75) is 19.4 Å². The average molecular weight is 268 g/mol. The number of amides is 1. The highest BCUT2D eigenvalue weighted by atomic mass is 32.2. The first kappa shape index (κ1) is 15.7. The van der Waals surface area contributed by atoms with Gasteiger partial charge in [0.1, 0.15) is 9.84 Å². The van der Waals surface area contributed by atoms with Gasteiger partial charge in [0.05, 0.1) is 11.8 Å². The Bertz CT molecular complexity index is 304. The molecule has 0 aromatic heterocycles. The number of nitrogens with one attached hydrogen (secondary N) is 1. The van der Waals surface area contributed by atoms with Gasteiger partial charge in [0.2, 0.25) is 5.91 Å².